The van der Waals surface area contributed by atoms with Crippen LogP contribution in [-0.2, 0) is 6.61 Å². The van der Waals surface area contributed by atoms with Gasteiger partial charge in [0, 0.05) is 11.2 Å². The highest BCUT2D eigenvalue weighted by Crippen LogP contribution is 2.22. The highest BCUT2D eigenvalue weighted by atomic mass is 35.5. The minimum atomic E-state index is 0.568. The van der Waals surface area contributed by atoms with Crippen LogP contribution in [0.3, 0.4) is 0 Å². The van der Waals surface area contributed by atoms with E-state index in [1.165, 1.54) is 0 Å². The van der Waals surface area contributed by atoms with E-state index in [4.69, 9.17) is 16.3 Å². The average Bonchev–Trinajstić information content (AvgIpc) is 2.61. The monoisotopic (exact) mass is 335 g/mol. The van der Waals surface area contributed by atoms with E-state index in [0.29, 0.717) is 6.61 Å². The van der Waals surface area contributed by atoms with E-state index in [1.807, 2.05) is 73.8 Å². The van der Waals surface area contributed by atoms with Crippen LogP contribution < -0.4 is 4.74 Å². The molecule has 2 nitrogen and oxygen atoms in total. The van der Waals surface area contributed by atoms with Crippen molar-refractivity contribution >= 4 is 23.5 Å². The van der Waals surface area contributed by atoms with Gasteiger partial charge in [0.15, 0.2) is 0 Å². The number of benzene rings is 3. The minimum Gasteiger partial charge on any atom is -0.489 e. The molecule has 0 aliphatic heterocycles. The van der Waals surface area contributed by atoms with Gasteiger partial charge in [-0.05, 0) is 66.1 Å². The molecular formula is C21H18ClNO. The van der Waals surface area contributed by atoms with E-state index in [-0.39, 0.29) is 0 Å². The highest BCUT2D eigenvalue weighted by Gasteiger charge is 1.98. The van der Waals surface area contributed by atoms with Crippen molar-refractivity contribution in [3.05, 3.63) is 94.5 Å². The summed E-state index contributed by atoms with van der Waals surface area (Å²) >= 11 is 5.96. The normalized spacial score (nSPS) is 10.9. The van der Waals surface area contributed by atoms with Crippen molar-refractivity contribution < 1.29 is 4.74 Å². The van der Waals surface area contributed by atoms with Crippen LogP contribution in [0.2, 0.25) is 5.02 Å². The molecule has 0 N–H and O–H groups in total. The molecule has 0 aromatic heterocycles. The third-order valence-electron chi connectivity index (χ3n) is 3.64. The Morgan fingerprint density at radius 3 is 2.42 bits per heavy atom. The third-order valence-corrected chi connectivity index (χ3v) is 3.88. The van der Waals surface area contributed by atoms with Crippen LogP contribution in [0, 0.1) is 6.92 Å². The molecule has 0 saturated carbocycles. The number of aryl methyl sites for hydroxylation is 1. The van der Waals surface area contributed by atoms with E-state index < -0.39 is 0 Å². The smallest absolute Gasteiger partial charge is 0.119 e. The molecule has 3 aromatic rings. The lowest BCUT2D eigenvalue weighted by molar-refractivity contribution is 0.306. The molecule has 0 fully saturated rings. The van der Waals surface area contributed by atoms with Gasteiger partial charge in [0.25, 0.3) is 0 Å². The van der Waals surface area contributed by atoms with Crippen LogP contribution in [0.25, 0.3) is 0 Å². The Labute approximate surface area is 147 Å². The number of ether oxygens (including phenoxy) is 1. The Morgan fingerprint density at radius 2 is 1.71 bits per heavy atom. The summed E-state index contributed by atoms with van der Waals surface area (Å²) in [5.74, 6) is 0.846. The number of hydrogen-bond acceptors (Lipinski definition) is 2. The SMILES string of the molecule is Cc1cc(Cl)ccc1N=Cc1ccc(OCc2ccccc2)cc1. The molecule has 3 aromatic carbocycles. The van der Waals surface area contributed by atoms with Gasteiger partial charge in [-0.2, -0.15) is 0 Å². The van der Waals surface area contributed by atoms with Crippen molar-refractivity contribution in [3.8, 4) is 5.75 Å². The molecule has 0 unspecified atom stereocenters. The van der Waals surface area contributed by atoms with Crippen LogP contribution in [0.1, 0.15) is 16.7 Å². The van der Waals surface area contributed by atoms with Crippen LogP contribution in [-0.4, -0.2) is 6.21 Å². The van der Waals surface area contributed by atoms with Gasteiger partial charge in [0.1, 0.15) is 12.4 Å². The Kier molecular flexibility index (Phi) is 5.29. The lowest BCUT2D eigenvalue weighted by Gasteiger charge is -2.06. The van der Waals surface area contributed by atoms with Crippen molar-refractivity contribution in [3.63, 3.8) is 0 Å². The second-order valence-electron chi connectivity index (χ2n) is 5.53. The second kappa shape index (κ2) is 7.80. The first-order valence-corrected chi connectivity index (χ1v) is 8.15. The van der Waals surface area contributed by atoms with Crippen molar-refractivity contribution in [2.45, 2.75) is 13.5 Å². The zero-order chi connectivity index (χ0) is 16.8. The Bertz CT molecular complexity index is 826. The van der Waals surface area contributed by atoms with E-state index in [0.717, 1.165) is 33.1 Å². The third kappa shape index (κ3) is 4.46. The summed E-state index contributed by atoms with van der Waals surface area (Å²) in [6.07, 6.45) is 1.84. The molecule has 24 heavy (non-hydrogen) atoms. The van der Waals surface area contributed by atoms with Gasteiger partial charge in [-0.25, -0.2) is 0 Å². The number of nitrogens with zero attached hydrogens (tertiary/aromatic N) is 1. The topological polar surface area (TPSA) is 21.6 Å². The summed E-state index contributed by atoms with van der Waals surface area (Å²) in [4.78, 5) is 4.52. The molecule has 0 aliphatic rings. The fourth-order valence-electron chi connectivity index (χ4n) is 2.30. The molecule has 0 aliphatic carbocycles. The predicted octanol–water partition coefficient (Wildman–Crippen LogP) is 5.98. The predicted molar refractivity (Wildman–Crippen MR) is 101 cm³/mol. The molecule has 0 bridgehead atoms. The van der Waals surface area contributed by atoms with Gasteiger partial charge in [-0.15, -0.1) is 0 Å². The van der Waals surface area contributed by atoms with Crippen molar-refractivity contribution in [2.75, 3.05) is 0 Å². The number of hydrogen-bond donors (Lipinski definition) is 0. The quantitative estimate of drug-likeness (QED) is 0.526. The molecule has 0 saturated heterocycles. The maximum absolute atomic E-state index is 5.96. The average molecular weight is 336 g/mol. The van der Waals surface area contributed by atoms with Gasteiger partial charge >= 0.3 is 0 Å². The maximum Gasteiger partial charge on any atom is 0.119 e. The first-order valence-electron chi connectivity index (χ1n) is 7.78. The summed E-state index contributed by atoms with van der Waals surface area (Å²) in [5.41, 5.74) is 4.16. The zero-order valence-electron chi connectivity index (χ0n) is 13.4. The van der Waals surface area contributed by atoms with E-state index in [2.05, 4.69) is 17.1 Å². The first kappa shape index (κ1) is 16.3. The van der Waals surface area contributed by atoms with Crippen LogP contribution in [0.5, 0.6) is 5.75 Å². The molecular weight excluding hydrogens is 318 g/mol. The molecule has 3 heteroatoms. The number of halogens is 1. The molecule has 0 atom stereocenters. The van der Waals surface area contributed by atoms with Gasteiger partial charge in [0.2, 0.25) is 0 Å². The van der Waals surface area contributed by atoms with E-state index >= 15 is 0 Å². The van der Waals surface area contributed by atoms with Crippen LogP contribution in [0.4, 0.5) is 5.69 Å². The Hall–Kier alpha value is -2.58. The van der Waals surface area contributed by atoms with E-state index in [1.54, 1.807) is 0 Å². The van der Waals surface area contributed by atoms with Gasteiger partial charge in [-0.3, -0.25) is 4.99 Å². The second-order valence-corrected chi connectivity index (χ2v) is 5.97. The molecule has 0 amide bonds. The van der Waals surface area contributed by atoms with Gasteiger partial charge in [-0.1, -0.05) is 41.9 Å². The lowest BCUT2D eigenvalue weighted by atomic mass is 10.2. The Morgan fingerprint density at radius 1 is 0.958 bits per heavy atom. The largest absolute Gasteiger partial charge is 0.489 e. The maximum atomic E-state index is 5.96. The summed E-state index contributed by atoms with van der Waals surface area (Å²) in [6.45, 7) is 2.57. The number of aliphatic imine (C=N–C) groups is 1. The fourth-order valence-corrected chi connectivity index (χ4v) is 2.53. The first-order chi connectivity index (χ1) is 11.7. The molecule has 3 rings (SSSR count). The highest BCUT2D eigenvalue weighted by molar-refractivity contribution is 6.30. The molecule has 0 spiro atoms. The summed E-state index contributed by atoms with van der Waals surface area (Å²) in [7, 11) is 0. The molecule has 0 radical (unpaired) electrons. The van der Waals surface area contributed by atoms with Gasteiger partial charge in [0.05, 0.1) is 5.69 Å². The summed E-state index contributed by atoms with van der Waals surface area (Å²) < 4.78 is 5.78. The fraction of sp³-hybridized carbons (Fsp3) is 0.0952. The van der Waals surface area contributed by atoms with E-state index in [9.17, 15) is 0 Å². The molecule has 0 heterocycles. The summed E-state index contributed by atoms with van der Waals surface area (Å²) in [6, 6.07) is 23.7. The van der Waals surface area contributed by atoms with Crippen molar-refractivity contribution in [1.82, 2.24) is 0 Å². The van der Waals surface area contributed by atoms with Crippen LogP contribution >= 0.6 is 11.6 Å². The summed E-state index contributed by atoms with van der Waals surface area (Å²) in [5, 5.41) is 0.728. The zero-order valence-corrected chi connectivity index (χ0v) is 14.2. The van der Waals surface area contributed by atoms with Crippen molar-refractivity contribution in [1.29, 1.82) is 0 Å². The standard InChI is InChI=1S/C21H18ClNO/c1-16-13-19(22)9-12-21(16)23-14-17-7-10-20(11-8-17)24-15-18-5-3-2-4-6-18/h2-14H,15H2,1H3. The minimum absolute atomic E-state index is 0.568. The van der Waals surface area contributed by atoms with Crippen LogP contribution in [0.15, 0.2) is 77.8 Å². The number of rotatable bonds is 5. The Balaban J connectivity index is 1.63. The molecule has 120 valence electrons. The van der Waals surface area contributed by atoms with Gasteiger partial charge < -0.3 is 4.74 Å². The van der Waals surface area contributed by atoms with Crippen molar-refractivity contribution in [2.24, 2.45) is 4.99 Å². The lowest BCUT2D eigenvalue weighted by Crippen LogP contribution is -1.95.